The molecule has 1 aromatic rings. The summed E-state index contributed by atoms with van der Waals surface area (Å²) in [6.45, 7) is 0. The van der Waals surface area contributed by atoms with Crippen molar-refractivity contribution in [3.8, 4) is 11.5 Å². The lowest BCUT2D eigenvalue weighted by Gasteiger charge is -2.12. The molecule has 1 aromatic carbocycles. The van der Waals surface area contributed by atoms with Crippen LogP contribution in [0, 0.1) is 0 Å². The van der Waals surface area contributed by atoms with Gasteiger partial charge in [-0.25, -0.2) is 0 Å². The Morgan fingerprint density at radius 3 is 2.38 bits per heavy atom. The molecule has 0 aliphatic rings. The van der Waals surface area contributed by atoms with Crippen LogP contribution in [0.15, 0.2) is 12.1 Å². The second-order valence-corrected chi connectivity index (χ2v) is 3.53. The van der Waals surface area contributed by atoms with Gasteiger partial charge in [0.05, 0.1) is 19.2 Å². The number of hydrogen-bond donors (Lipinski definition) is 1. The number of carbonyl (C=O) groups is 1. The van der Waals surface area contributed by atoms with E-state index in [1.54, 1.807) is 12.1 Å². The summed E-state index contributed by atoms with van der Waals surface area (Å²) in [6.07, 6.45) is 0.317. The van der Waals surface area contributed by atoms with Gasteiger partial charge in [-0.2, -0.15) is 0 Å². The van der Waals surface area contributed by atoms with E-state index in [0.717, 1.165) is 0 Å². The summed E-state index contributed by atoms with van der Waals surface area (Å²) in [5.41, 5.74) is 0.658. The van der Waals surface area contributed by atoms with Crippen molar-refractivity contribution < 1.29 is 19.4 Å². The molecule has 1 rings (SSSR count). The summed E-state index contributed by atoms with van der Waals surface area (Å²) in [5.74, 6) is 0.218. The van der Waals surface area contributed by atoms with E-state index >= 15 is 0 Å². The fourth-order valence-corrected chi connectivity index (χ4v) is 1.72. The van der Waals surface area contributed by atoms with Gasteiger partial charge >= 0.3 is 5.97 Å². The third-order valence-electron chi connectivity index (χ3n) is 2.19. The van der Waals surface area contributed by atoms with Gasteiger partial charge in [-0.15, -0.1) is 0 Å². The van der Waals surface area contributed by atoms with Crippen LogP contribution in [0.3, 0.4) is 0 Å². The van der Waals surface area contributed by atoms with Gasteiger partial charge in [0, 0.05) is 12.0 Å². The summed E-state index contributed by atoms with van der Waals surface area (Å²) >= 11 is 6.08. The number of hydrogen-bond acceptors (Lipinski definition) is 3. The third-order valence-corrected chi connectivity index (χ3v) is 2.61. The summed E-state index contributed by atoms with van der Waals surface area (Å²) in [4.78, 5) is 10.5. The lowest BCUT2D eigenvalue weighted by atomic mass is 10.1. The molecule has 0 amide bonds. The first-order valence-electron chi connectivity index (χ1n) is 4.71. The molecule has 88 valence electrons. The maximum Gasteiger partial charge on any atom is 0.303 e. The first-order chi connectivity index (χ1) is 7.60. The molecule has 1 N–H and O–H groups in total. The normalized spacial score (nSPS) is 9.94. The van der Waals surface area contributed by atoms with Crippen molar-refractivity contribution in [2.75, 3.05) is 14.2 Å². The second-order valence-electron chi connectivity index (χ2n) is 3.16. The number of ether oxygens (including phenoxy) is 2. The quantitative estimate of drug-likeness (QED) is 0.864. The molecular formula is C11H13ClO4. The Morgan fingerprint density at radius 1 is 1.31 bits per heavy atom. The van der Waals surface area contributed by atoms with E-state index in [-0.39, 0.29) is 6.42 Å². The number of benzene rings is 1. The van der Waals surface area contributed by atoms with E-state index in [9.17, 15) is 4.79 Å². The lowest BCUT2D eigenvalue weighted by Crippen LogP contribution is -2.01. The van der Waals surface area contributed by atoms with Crippen molar-refractivity contribution in [1.29, 1.82) is 0 Å². The number of carboxylic acid groups (broad SMARTS) is 1. The molecule has 0 aromatic heterocycles. The molecule has 0 saturated heterocycles. The number of halogens is 1. The van der Waals surface area contributed by atoms with E-state index in [0.29, 0.717) is 28.5 Å². The topological polar surface area (TPSA) is 55.8 Å². The number of carboxylic acids is 1. The third kappa shape index (κ3) is 2.79. The molecule has 0 atom stereocenters. The summed E-state index contributed by atoms with van der Waals surface area (Å²) in [6, 6.07) is 3.40. The average Bonchev–Trinajstić information content (AvgIpc) is 2.26. The van der Waals surface area contributed by atoms with Gasteiger partial charge in [0.25, 0.3) is 0 Å². The van der Waals surface area contributed by atoms with Crippen LogP contribution in [0.2, 0.25) is 5.02 Å². The fourth-order valence-electron chi connectivity index (χ4n) is 1.40. The standard InChI is InChI=1S/C11H13ClO4/c1-15-8-4-5-9(16-2)11(12)7(8)3-6-10(13)14/h4-5H,3,6H2,1-2H3,(H,13,14). The van der Waals surface area contributed by atoms with Crippen LogP contribution >= 0.6 is 11.6 Å². The smallest absolute Gasteiger partial charge is 0.303 e. The molecule has 0 spiro atoms. The highest BCUT2D eigenvalue weighted by molar-refractivity contribution is 6.33. The minimum Gasteiger partial charge on any atom is -0.496 e. The van der Waals surface area contributed by atoms with E-state index in [2.05, 4.69) is 0 Å². The Balaban J connectivity index is 3.05. The molecule has 0 heterocycles. The van der Waals surface area contributed by atoms with Crippen LogP contribution in [-0.4, -0.2) is 25.3 Å². The van der Waals surface area contributed by atoms with Gasteiger partial charge in [0.2, 0.25) is 0 Å². The largest absolute Gasteiger partial charge is 0.496 e. The molecule has 0 saturated carbocycles. The average molecular weight is 245 g/mol. The monoisotopic (exact) mass is 244 g/mol. The Bertz CT molecular complexity index is 390. The zero-order valence-electron chi connectivity index (χ0n) is 9.12. The minimum atomic E-state index is -0.874. The fraction of sp³-hybridized carbons (Fsp3) is 0.364. The lowest BCUT2D eigenvalue weighted by molar-refractivity contribution is -0.136. The summed E-state index contributed by atoms with van der Waals surface area (Å²) in [7, 11) is 3.02. The Labute approximate surface area is 98.7 Å². The highest BCUT2D eigenvalue weighted by Gasteiger charge is 2.13. The van der Waals surface area contributed by atoms with E-state index in [1.807, 2.05) is 0 Å². The molecule has 0 aliphatic heterocycles. The number of rotatable bonds is 5. The van der Waals surface area contributed by atoms with Crippen LogP contribution in [0.25, 0.3) is 0 Å². The molecular weight excluding hydrogens is 232 g/mol. The predicted molar refractivity (Wildman–Crippen MR) is 60.5 cm³/mol. The van der Waals surface area contributed by atoms with Gasteiger partial charge in [-0.05, 0) is 18.6 Å². The highest BCUT2D eigenvalue weighted by Crippen LogP contribution is 2.35. The van der Waals surface area contributed by atoms with E-state index < -0.39 is 5.97 Å². The zero-order chi connectivity index (χ0) is 12.1. The molecule has 0 aliphatic carbocycles. The Hall–Kier alpha value is -1.42. The molecule has 0 fully saturated rings. The van der Waals surface area contributed by atoms with Gasteiger partial charge in [0.15, 0.2) is 0 Å². The van der Waals surface area contributed by atoms with Gasteiger partial charge in [-0.3, -0.25) is 4.79 Å². The van der Waals surface area contributed by atoms with Crippen molar-refractivity contribution in [2.24, 2.45) is 0 Å². The van der Waals surface area contributed by atoms with Crippen LogP contribution in [0.1, 0.15) is 12.0 Å². The van der Waals surface area contributed by atoms with Crippen LogP contribution in [0.4, 0.5) is 0 Å². The van der Waals surface area contributed by atoms with E-state index in [1.165, 1.54) is 14.2 Å². The van der Waals surface area contributed by atoms with Crippen molar-refractivity contribution in [1.82, 2.24) is 0 Å². The SMILES string of the molecule is COc1ccc(OC)c(CCC(=O)O)c1Cl. The maximum atomic E-state index is 10.5. The molecule has 0 unspecified atom stereocenters. The van der Waals surface area contributed by atoms with Crippen molar-refractivity contribution in [2.45, 2.75) is 12.8 Å². The number of methoxy groups -OCH3 is 2. The zero-order valence-corrected chi connectivity index (χ0v) is 9.87. The first kappa shape index (κ1) is 12.6. The summed E-state index contributed by atoms with van der Waals surface area (Å²) in [5, 5.41) is 9.05. The molecule has 5 heteroatoms. The predicted octanol–water partition coefficient (Wildman–Crippen LogP) is 2.37. The van der Waals surface area contributed by atoms with Gasteiger partial charge < -0.3 is 14.6 Å². The number of aliphatic carboxylic acids is 1. The maximum absolute atomic E-state index is 10.5. The van der Waals surface area contributed by atoms with Crippen LogP contribution in [0.5, 0.6) is 11.5 Å². The van der Waals surface area contributed by atoms with Gasteiger partial charge in [0.1, 0.15) is 11.5 Å². The van der Waals surface area contributed by atoms with Crippen LogP contribution in [-0.2, 0) is 11.2 Å². The molecule has 0 radical (unpaired) electrons. The van der Waals surface area contributed by atoms with Crippen LogP contribution < -0.4 is 9.47 Å². The van der Waals surface area contributed by atoms with Crippen molar-refractivity contribution in [3.05, 3.63) is 22.7 Å². The minimum absolute atomic E-state index is 0.00322. The van der Waals surface area contributed by atoms with Gasteiger partial charge in [-0.1, -0.05) is 11.6 Å². The van der Waals surface area contributed by atoms with Crippen molar-refractivity contribution in [3.63, 3.8) is 0 Å². The summed E-state index contributed by atoms with van der Waals surface area (Å²) < 4.78 is 10.2. The highest BCUT2D eigenvalue weighted by atomic mass is 35.5. The Kier molecular flexibility index (Phi) is 4.43. The molecule has 0 bridgehead atoms. The first-order valence-corrected chi connectivity index (χ1v) is 5.09. The van der Waals surface area contributed by atoms with E-state index in [4.69, 9.17) is 26.2 Å². The van der Waals surface area contributed by atoms with Crippen molar-refractivity contribution >= 4 is 17.6 Å². The second kappa shape index (κ2) is 5.61. The Morgan fingerprint density at radius 2 is 1.88 bits per heavy atom. The molecule has 16 heavy (non-hydrogen) atoms. The molecule has 4 nitrogen and oxygen atoms in total.